The van der Waals surface area contributed by atoms with E-state index in [9.17, 15) is 4.79 Å². The van der Waals surface area contributed by atoms with Crippen molar-refractivity contribution in [2.75, 3.05) is 13.1 Å². The second kappa shape index (κ2) is 5.96. The van der Waals surface area contributed by atoms with Crippen LogP contribution in [0.1, 0.15) is 43.6 Å². The molecular weight excluding hydrogens is 222 g/mol. The van der Waals surface area contributed by atoms with Crippen LogP contribution in [0.4, 0.5) is 0 Å². The number of hydrogen-bond acceptors (Lipinski definition) is 2. The molecule has 0 saturated carbocycles. The van der Waals surface area contributed by atoms with Crippen LogP contribution in [-0.2, 0) is 5.41 Å². The molecule has 0 spiro atoms. The fraction of sp³-hybridized carbons (Fsp3) is 0.438. The van der Waals surface area contributed by atoms with Crippen molar-refractivity contribution in [3.63, 3.8) is 0 Å². The summed E-state index contributed by atoms with van der Waals surface area (Å²) in [5.41, 5.74) is 2.43. The van der Waals surface area contributed by atoms with Gasteiger partial charge in [0.2, 0.25) is 0 Å². The second-order valence-corrected chi connectivity index (χ2v) is 4.94. The number of nitrogens with one attached hydrogen (secondary N) is 1. The van der Waals surface area contributed by atoms with E-state index < -0.39 is 0 Å². The average molecular weight is 245 g/mol. The molecule has 0 atom stereocenters. The van der Waals surface area contributed by atoms with Crippen molar-refractivity contribution in [2.45, 2.75) is 33.1 Å². The molecule has 0 saturated heterocycles. The molecule has 2 rings (SSSR count). The first kappa shape index (κ1) is 14.7. The normalized spacial score (nSPS) is 16.0. The Kier molecular flexibility index (Phi) is 4.85. The predicted octanol–water partition coefficient (Wildman–Crippen LogP) is 3.33. The molecule has 2 nitrogen and oxygen atoms in total. The van der Waals surface area contributed by atoms with Gasteiger partial charge in [-0.25, -0.2) is 0 Å². The highest BCUT2D eigenvalue weighted by molar-refractivity contribution is 6.14. The van der Waals surface area contributed by atoms with Gasteiger partial charge in [0.25, 0.3) is 0 Å². The van der Waals surface area contributed by atoms with E-state index in [4.69, 9.17) is 0 Å². The van der Waals surface area contributed by atoms with E-state index in [-0.39, 0.29) is 11.2 Å². The van der Waals surface area contributed by atoms with Crippen molar-refractivity contribution in [2.24, 2.45) is 0 Å². The molecule has 0 fully saturated rings. The van der Waals surface area contributed by atoms with Crippen molar-refractivity contribution in [3.8, 4) is 0 Å². The first-order chi connectivity index (χ1) is 8.46. The summed E-state index contributed by atoms with van der Waals surface area (Å²) >= 11 is 0. The summed E-state index contributed by atoms with van der Waals surface area (Å²) in [7, 11) is 0. The Balaban J connectivity index is 0.000000280. The van der Waals surface area contributed by atoms with E-state index in [0.29, 0.717) is 5.57 Å². The number of rotatable bonds is 2. The number of allylic oxidation sites excluding steroid dienone is 1. The molecular formula is C16H23NO. The lowest BCUT2D eigenvalue weighted by molar-refractivity contribution is 0.103. The third kappa shape index (κ3) is 2.70. The largest absolute Gasteiger partial charge is 0.317 e. The first-order valence-electron chi connectivity index (χ1n) is 6.51. The number of hydrogen-bond donors (Lipinski definition) is 1. The highest BCUT2D eigenvalue weighted by Crippen LogP contribution is 2.41. The maximum absolute atomic E-state index is 11.7. The number of benzene rings is 1. The van der Waals surface area contributed by atoms with Gasteiger partial charge in [0.15, 0.2) is 5.78 Å². The van der Waals surface area contributed by atoms with Crippen LogP contribution in [0, 0.1) is 0 Å². The maximum atomic E-state index is 11.7. The Bertz CT molecular complexity index is 444. The van der Waals surface area contributed by atoms with E-state index in [1.54, 1.807) is 0 Å². The summed E-state index contributed by atoms with van der Waals surface area (Å²) in [6, 6.07) is 7.74. The molecule has 2 heteroatoms. The number of carbonyl (C=O) groups is 1. The van der Waals surface area contributed by atoms with Crippen molar-refractivity contribution in [3.05, 3.63) is 47.5 Å². The lowest BCUT2D eigenvalue weighted by atomic mass is 9.84. The molecule has 0 aromatic heterocycles. The van der Waals surface area contributed by atoms with Crippen LogP contribution in [0.2, 0.25) is 0 Å². The van der Waals surface area contributed by atoms with Gasteiger partial charge in [-0.1, -0.05) is 58.5 Å². The summed E-state index contributed by atoms with van der Waals surface area (Å²) in [4.78, 5) is 11.7. The third-order valence-corrected chi connectivity index (χ3v) is 3.37. The number of ketones is 1. The lowest BCUT2D eigenvalue weighted by Crippen LogP contribution is -2.15. The molecule has 1 aromatic carbocycles. The van der Waals surface area contributed by atoms with Crippen LogP contribution >= 0.6 is 0 Å². The van der Waals surface area contributed by atoms with Crippen LogP contribution in [0.25, 0.3) is 0 Å². The Labute approximate surface area is 110 Å². The van der Waals surface area contributed by atoms with Crippen molar-refractivity contribution in [1.29, 1.82) is 0 Å². The lowest BCUT2D eigenvalue weighted by Gasteiger charge is -2.19. The zero-order valence-electron chi connectivity index (χ0n) is 11.8. The minimum atomic E-state index is -0.187. The average Bonchev–Trinajstić information content (AvgIpc) is 2.54. The van der Waals surface area contributed by atoms with E-state index in [1.807, 2.05) is 38.1 Å². The van der Waals surface area contributed by atoms with E-state index in [1.165, 1.54) is 0 Å². The maximum Gasteiger partial charge on any atom is 0.189 e. The molecule has 0 bridgehead atoms. The van der Waals surface area contributed by atoms with Gasteiger partial charge >= 0.3 is 0 Å². The highest BCUT2D eigenvalue weighted by atomic mass is 16.1. The Morgan fingerprint density at radius 3 is 2.17 bits per heavy atom. The zero-order chi connectivity index (χ0) is 13.8. The number of Topliss-reactive ketones (excluding diaryl/α,β-unsaturated/α-hetero) is 1. The Hall–Kier alpha value is -1.41. The van der Waals surface area contributed by atoms with E-state index in [2.05, 4.69) is 25.7 Å². The topological polar surface area (TPSA) is 29.1 Å². The first-order valence-corrected chi connectivity index (χ1v) is 6.51. The van der Waals surface area contributed by atoms with Gasteiger partial charge < -0.3 is 5.32 Å². The van der Waals surface area contributed by atoms with Gasteiger partial charge in [0, 0.05) is 16.6 Å². The monoisotopic (exact) mass is 245 g/mol. The molecule has 0 unspecified atom stereocenters. The minimum absolute atomic E-state index is 0.0978. The third-order valence-electron chi connectivity index (χ3n) is 3.37. The van der Waals surface area contributed by atoms with Gasteiger partial charge in [-0.3, -0.25) is 4.79 Å². The fourth-order valence-electron chi connectivity index (χ4n) is 2.09. The number of fused-ring (bicyclic) bond motifs is 1. The fourth-order valence-corrected chi connectivity index (χ4v) is 2.09. The summed E-state index contributed by atoms with van der Waals surface area (Å²) in [5, 5.41) is 3.11. The SMILES string of the molecule is C=C1C(=O)c2ccccc2C1(C)C.CCNCC. The van der Waals surface area contributed by atoms with Crippen LogP contribution < -0.4 is 5.32 Å². The highest BCUT2D eigenvalue weighted by Gasteiger charge is 2.38. The van der Waals surface area contributed by atoms with Crippen LogP contribution in [0.15, 0.2) is 36.4 Å². The Morgan fingerprint density at radius 2 is 1.72 bits per heavy atom. The van der Waals surface area contributed by atoms with Gasteiger partial charge in [-0.2, -0.15) is 0 Å². The van der Waals surface area contributed by atoms with E-state index >= 15 is 0 Å². The van der Waals surface area contributed by atoms with Gasteiger partial charge in [-0.05, 0) is 18.7 Å². The molecule has 1 aromatic rings. The summed E-state index contributed by atoms with van der Waals surface area (Å²) in [5.74, 6) is 0.0978. The summed E-state index contributed by atoms with van der Waals surface area (Å²) < 4.78 is 0. The van der Waals surface area contributed by atoms with Crippen LogP contribution in [-0.4, -0.2) is 18.9 Å². The molecule has 0 heterocycles. The molecule has 0 aliphatic heterocycles. The zero-order valence-corrected chi connectivity index (χ0v) is 11.8. The van der Waals surface area contributed by atoms with Gasteiger partial charge in [-0.15, -0.1) is 0 Å². The molecule has 0 radical (unpaired) electrons. The minimum Gasteiger partial charge on any atom is -0.317 e. The standard InChI is InChI=1S/C12H12O.C4H11N/c1-8-11(13)9-6-4-5-7-10(9)12(8,2)3;1-3-5-4-2/h4-7H,1H2,2-3H3;5H,3-4H2,1-2H3. The van der Waals surface area contributed by atoms with Crippen molar-refractivity contribution < 1.29 is 4.79 Å². The van der Waals surface area contributed by atoms with Gasteiger partial charge in [0.05, 0.1) is 0 Å². The molecule has 0 amide bonds. The van der Waals surface area contributed by atoms with Gasteiger partial charge in [0.1, 0.15) is 0 Å². The quantitative estimate of drug-likeness (QED) is 0.810. The van der Waals surface area contributed by atoms with Crippen molar-refractivity contribution >= 4 is 5.78 Å². The molecule has 1 aliphatic rings. The molecule has 1 N–H and O–H groups in total. The van der Waals surface area contributed by atoms with Crippen LogP contribution in [0.3, 0.4) is 0 Å². The molecule has 98 valence electrons. The Morgan fingerprint density at radius 1 is 1.17 bits per heavy atom. The number of carbonyl (C=O) groups excluding carboxylic acids is 1. The molecule has 1 aliphatic carbocycles. The predicted molar refractivity (Wildman–Crippen MR) is 77.2 cm³/mol. The smallest absolute Gasteiger partial charge is 0.189 e. The molecule has 18 heavy (non-hydrogen) atoms. The summed E-state index contributed by atoms with van der Waals surface area (Å²) in [6.07, 6.45) is 0. The summed E-state index contributed by atoms with van der Waals surface area (Å²) in [6.45, 7) is 14.3. The second-order valence-electron chi connectivity index (χ2n) is 4.94. The van der Waals surface area contributed by atoms with Crippen molar-refractivity contribution in [1.82, 2.24) is 5.32 Å². The van der Waals surface area contributed by atoms with Crippen LogP contribution in [0.5, 0.6) is 0 Å². The van der Waals surface area contributed by atoms with E-state index in [0.717, 1.165) is 24.2 Å².